The summed E-state index contributed by atoms with van der Waals surface area (Å²) >= 11 is 0. The molecule has 0 bridgehead atoms. The number of rotatable bonds is 8. The standard InChI is InChI=1S/C14H19N3O12P2.2Na/c15-9-3-4-17(14(20)16-9)12-11(19)10(18)8(28-12)6-27-31(24,25)29-13(30(21,22)23)7-2-1-5-26-7;;/h1-5,8,10-13,18-19H,6H2,(H,24,25)(H2,15,16,20)(H2,21,22,23);;/q;2*+1/p-2/t8-,10-,11-,12-,13+;;/m1../s1. The fourth-order valence-corrected chi connectivity index (χ4v) is 4.77. The number of ether oxygens (including phenoxy) is 1. The Balaban J connectivity index is 0.00000272. The summed E-state index contributed by atoms with van der Waals surface area (Å²) in [6.07, 6.45) is -4.10. The number of anilines is 1. The number of hydrogen-bond acceptors (Lipinski definition) is 13. The molecule has 19 heteroatoms. The normalized spacial score (nSPS) is 26.9. The Hall–Kier alpha value is 0.1000. The van der Waals surface area contributed by atoms with Gasteiger partial charge in [0.15, 0.2) is 19.7 Å². The summed E-state index contributed by atoms with van der Waals surface area (Å²) in [5.74, 6) is -3.02. The Kier molecular flexibility index (Phi) is 11.7. The van der Waals surface area contributed by atoms with Gasteiger partial charge in [0.2, 0.25) is 0 Å². The Labute approximate surface area is 230 Å². The summed E-state index contributed by atoms with van der Waals surface area (Å²) in [5.41, 5.74) is 4.48. The van der Waals surface area contributed by atoms with Gasteiger partial charge in [0.25, 0.3) is 7.82 Å². The number of hydrogen-bond donors (Lipinski definition) is 4. The summed E-state index contributed by atoms with van der Waals surface area (Å²) in [5, 5.41) is 20.2. The number of phosphoric acid groups is 1. The number of nitrogens with zero attached hydrogens (tertiary/aromatic N) is 2. The number of furan rings is 1. The van der Waals surface area contributed by atoms with Gasteiger partial charge in [0.05, 0.1) is 12.9 Å². The van der Waals surface area contributed by atoms with E-state index in [1.165, 1.54) is 12.1 Å². The molecule has 3 rings (SSSR count). The van der Waals surface area contributed by atoms with Crippen molar-refractivity contribution in [1.29, 1.82) is 0 Å². The van der Waals surface area contributed by atoms with E-state index in [4.69, 9.17) is 14.9 Å². The van der Waals surface area contributed by atoms with Gasteiger partial charge in [-0.15, -0.1) is 0 Å². The van der Waals surface area contributed by atoms with E-state index in [9.17, 15) is 38.8 Å². The largest absolute Gasteiger partial charge is 1.00 e. The third kappa shape index (κ3) is 7.79. The first kappa shape index (κ1) is 31.1. The van der Waals surface area contributed by atoms with Crippen LogP contribution in [0.15, 0.2) is 39.9 Å². The fourth-order valence-electron chi connectivity index (χ4n) is 2.74. The predicted molar refractivity (Wildman–Crippen MR) is 94.8 cm³/mol. The van der Waals surface area contributed by atoms with E-state index in [-0.39, 0.29) is 64.9 Å². The zero-order valence-electron chi connectivity index (χ0n) is 17.4. The van der Waals surface area contributed by atoms with E-state index in [2.05, 4.69) is 14.0 Å². The van der Waals surface area contributed by atoms with Crippen molar-refractivity contribution in [3.63, 3.8) is 0 Å². The van der Waals surface area contributed by atoms with Gasteiger partial charge in [-0.05, 0) is 18.2 Å². The third-order valence-electron chi connectivity index (χ3n) is 4.17. The molecule has 15 nitrogen and oxygen atoms in total. The molecular weight excluding hydrogens is 510 g/mol. The molecule has 0 saturated carbocycles. The Morgan fingerprint density at radius 3 is 2.45 bits per heavy atom. The van der Waals surface area contributed by atoms with Gasteiger partial charge in [-0.1, -0.05) is 0 Å². The van der Waals surface area contributed by atoms with Crippen LogP contribution in [0.25, 0.3) is 0 Å². The second kappa shape index (κ2) is 12.4. The molecule has 33 heavy (non-hydrogen) atoms. The van der Waals surface area contributed by atoms with Crippen LogP contribution in [0.2, 0.25) is 0 Å². The Morgan fingerprint density at radius 1 is 1.24 bits per heavy atom. The van der Waals surface area contributed by atoms with Crippen LogP contribution in [0.5, 0.6) is 0 Å². The minimum absolute atomic E-state index is 0. The topological polar surface area (TPSA) is 243 Å². The van der Waals surface area contributed by atoms with Crippen molar-refractivity contribution < 1.29 is 111 Å². The number of aromatic nitrogens is 2. The van der Waals surface area contributed by atoms with Gasteiger partial charge in [-0.25, -0.2) is 4.79 Å². The average molecular weight is 527 g/mol. The van der Waals surface area contributed by atoms with E-state index in [1.54, 1.807) is 0 Å². The number of nitrogens with two attached hydrogens (primary N) is 1. The van der Waals surface area contributed by atoms with Crippen LogP contribution in [0.1, 0.15) is 17.8 Å². The first-order valence-corrected chi connectivity index (χ1v) is 11.6. The van der Waals surface area contributed by atoms with Crippen molar-refractivity contribution >= 4 is 21.2 Å². The summed E-state index contributed by atoms with van der Waals surface area (Å²) in [4.78, 5) is 48.1. The molecule has 1 saturated heterocycles. The van der Waals surface area contributed by atoms with Crippen molar-refractivity contribution in [1.82, 2.24) is 9.55 Å². The van der Waals surface area contributed by atoms with Crippen LogP contribution in [0.3, 0.4) is 0 Å². The minimum Gasteiger partial charge on any atom is -0.776 e. The molecule has 0 aromatic carbocycles. The van der Waals surface area contributed by atoms with Crippen LogP contribution in [0.4, 0.5) is 5.82 Å². The minimum atomic E-state index is -5.41. The zero-order chi connectivity index (χ0) is 23.0. The maximum atomic E-state index is 12.1. The van der Waals surface area contributed by atoms with Crippen LogP contribution in [-0.2, 0) is 22.9 Å². The number of aliphatic hydroxyl groups excluding tert-OH is 2. The molecule has 0 radical (unpaired) electrons. The van der Waals surface area contributed by atoms with Crippen molar-refractivity contribution in [3.8, 4) is 0 Å². The fraction of sp³-hybridized carbons (Fsp3) is 0.429. The van der Waals surface area contributed by atoms with Crippen molar-refractivity contribution in [2.24, 2.45) is 0 Å². The summed E-state index contributed by atoms with van der Waals surface area (Å²) in [6, 6.07) is 3.52. The SMILES string of the molecule is Nc1ccn([C@@H]2O[C@H](COP(=O)([O-])O[C@H](c3ccco3)P(=O)([O-])O)[C@@H](O)[C@H]2O)c(=O)n1.[Na+].[Na+]. The molecule has 0 spiro atoms. The van der Waals surface area contributed by atoms with Gasteiger partial charge in [-0.3, -0.25) is 13.7 Å². The molecule has 172 valence electrons. The third-order valence-corrected chi connectivity index (χ3v) is 6.22. The van der Waals surface area contributed by atoms with Crippen LogP contribution in [-0.4, -0.2) is 49.6 Å². The zero-order valence-corrected chi connectivity index (χ0v) is 23.2. The molecule has 0 amide bonds. The molecular formula is C14H17N3Na2O12P2. The predicted octanol–water partition coefficient (Wildman–Crippen LogP) is -8.21. The van der Waals surface area contributed by atoms with Crippen molar-refractivity contribution in [2.75, 3.05) is 12.3 Å². The van der Waals surface area contributed by atoms with E-state index in [0.717, 1.165) is 23.1 Å². The van der Waals surface area contributed by atoms with Gasteiger partial charge in [-0.2, -0.15) is 4.98 Å². The molecule has 2 aromatic heterocycles. The quantitative estimate of drug-likeness (QED) is 0.184. The summed E-state index contributed by atoms with van der Waals surface area (Å²) < 4.78 is 43.3. The monoisotopic (exact) mass is 527 g/mol. The van der Waals surface area contributed by atoms with Gasteiger partial charge < -0.3 is 48.9 Å². The summed E-state index contributed by atoms with van der Waals surface area (Å²) in [6.45, 7) is -0.924. The molecule has 1 fully saturated rings. The maximum absolute atomic E-state index is 12.1. The molecule has 3 heterocycles. The Morgan fingerprint density at radius 2 is 1.91 bits per heavy atom. The van der Waals surface area contributed by atoms with E-state index < -0.39 is 63.9 Å². The van der Waals surface area contributed by atoms with Crippen LogP contribution >= 0.6 is 15.4 Å². The van der Waals surface area contributed by atoms with Crippen molar-refractivity contribution in [3.05, 3.63) is 46.9 Å². The smallest absolute Gasteiger partial charge is 0.776 e. The molecule has 1 aliphatic rings. The number of nitrogen functional groups attached to an aromatic ring is 1. The second-order valence-electron chi connectivity index (χ2n) is 6.37. The maximum Gasteiger partial charge on any atom is 1.00 e. The average Bonchev–Trinajstić information content (AvgIpc) is 3.28. The van der Waals surface area contributed by atoms with Crippen LogP contribution < -0.4 is 80.3 Å². The molecule has 5 N–H and O–H groups in total. The molecule has 2 unspecified atom stereocenters. The molecule has 2 aromatic rings. The van der Waals surface area contributed by atoms with Crippen LogP contribution in [0, 0.1) is 0 Å². The molecule has 7 atom stereocenters. The van der Waals surface area contributed by atoms with Crippen molar-refractivity contribution in [2.45, 2.75) is 30.4 Å². The Bertz CT molecular complexity index is 1060. The van der Waals surface area contributed by atoms with E-state index >= 15 is 0 Å². The van der Waals surface area contributed by atoms with E-state index in [1.807, 2.05) is 0 Å². The summed E-state index contributed by atoms with van der Waals surface area (Å²) in [7, 11) is -10.8. The molecule has 0 aliphatic carbocycles. The number of phosphoric ester groups is 1. The van der Waals surface area contributed by atoms with Gasteiger partial charge in [0.1, 0.15) is 29.9 Å². The second-order valence-corrected chi connectivity index (χ2v) is 9.33. The van der Waals surface area contributed by atoms with Gasteiger partial charge in [0, 0.05) is 6.20 Å². The first-order valence-electron chi connectivity index (χ1n) is 8.46. The van der Waals surface area contributed by atoms with E-state index in [0.29, 0.717) is 0 Å². The van der Waals surface area contributed by atoms with Gasteiger partial charge >= 0.3 is 64.8 Å². The first-order chi connectivity index (χ1) is 14.4. The number of aliphatic hydroxyl groups is 2. The molecule has 1 aliphatic heterocycles.